The average molecular weight is 407 g/mol. The van der Waals surface area contributed by atoms with E-state index in [1.807, 2.05) is 13.0 Å². The summed E-state index contributed by atoms with van der Waals surface area (Å²) < 4.78 is 0. The monoisotopic (exact) mass is 406 g/mol. The van der Waals surface area contributed by atoms with Gasteiger partial charge in [-0.05, 0) is 68.4 Å². The summed E-state index contributed by atoms with van der Waals surface area (Å²) in [5.41, 5.74) is 5.55. The fraction of sp³-hybridized carbons (Fsp3) is 0.348. The molecule has 2 N–H and O–H groups in total. The minimum absolute atomic E-state index is 0.0268. The van der Waals surface area contributed by atoms with Crippen LogP contribution >= 0.6 is 11.3 Å². The summed E-state index contributed by atoms with van der Waals surface area (Å²) in [6.07, 6.45) is 6.28. The van der Waals surface area contributed by atoms with Gasteiger partial charge in [0.25, 0.3) is 5.91 Å². The van der Waals surface area contributed by atoms with Gasteiger partial charge in [-0.1, -0.05) is 12.1 Å². The molecule has 6 heteroatoms. The Bertz CT molecular complexity index is 1000. The summed E-state index contributed by atoms with van der Waals surface area (Å²) in [6, 6.07) is 10.3. The molecule has 5 nitrogen and oxygen atoms in total. The van der Waals surface area contributed by atoms with Crippen molar-refractivity contribution in [3.05, 3.63) is 63.1 Å². The second kappa shape index (κ2) is 8.74. The highest BCUT2D eigenvalue weighted by atomic mass is 32.1. The van der Waals surface area contributed by atoms with Crippen molar-refractivity contribution < 1.29 is 4.79 Å². The van der Waals surface area contributed by atoms with Crippen molar-refractivity contribution in [1.29, 1.82) is 0 Å². The first-order valence-electron chi connectivity index (χ1n) is 10.2. The highest BCUT2D eigenvalue weighted by Gasteiger charge is 2.17. The number of nitrogens with one attached hydrogen (secondary N) is 2. The second-order valence-electron chi connectivity index (χ2n) is 7.41. The molecule has 0 bridgehead atoms. The lowest BCUT2D eigenvalue weighted by molar-refractivity contribution is 0.0955. The van der Waals surface area contributed by atoms with Crippen molar-refractivity contribution >= 4 is 23.1 Å². The van der Waals surface area contributed by atoms with Crippen molar-refractivity contribution in [1.82, 2.24) is 15.3 Å². The van der Waals surface area contributed by atoms with E-state index >= 15 is 0 Å². The van der Waals surface area contributed by atoms with Crippen LogP contribution in [0.15, 0.2) is 36.7 Å². The van der Waals surface area contributed by atoms with E-state index in [1.54, 1.807) is 17.7 Å². The number of carbonyl (C=O) groups is 1. The van der Waals surface area contributed by atoms with Gasteiger partial charge in [0.15, 0.2) is 0 Å². The average Bonchev–Trinajstić information content (AvgIpc) is 3.17. The summed E-state index contributed by atoms with van der Waals surface area (Å²) in [5.74, 6) is 0.851. The highest BCUT2D eigenvalue weighted by molar-refractivity contribution is 7.14. The number of aryl methyl sites for hydroxylation is 3. The molecule has 0 saturated carbocycles. The van der Waals surface area contributed by atoms with Crippen LogP contribution in [0.1, 0.15) is 51.0 Å². The maximum absolute atomic E-state index is 12.6. The number of thiophene rings is 1. The van der Waals surface area contributed by atoms with E-state index in [4.69, 9.17) is 0 Å². The number of hydrogen-bond acceptors (Lipinski definition) is 5. The zero-order chi connectivity index (χ0) is 20.2. The fourth-order valence-corrected chi connectivity index (χ4v) is 4.88. The van der Waals surface area contributed by atoms with E-state index < -0.39 is 0 Å². The maximum Gasteiger partial charge on any atom is 0.261 e. The van der Waals surface area contributed by atoms with Crippen molar-refractivity contribution in [3.63, 3.8) is 0 Å². The number of hydrogen-bond donors (Lipinski definition) is 2. The largest absolute Gasteiger partial charge is 0.370 e. The predicted octanol–water partition coefficient (Wildman–Crippen LogP) is 4.75. The maximum atomic E-state index is 12.6. The number of rotatable bonds is 6. The SMILES string of the molecule is CCNc1cc(-c2ccc(CNC(=O)c3cc4c(s3)CCCC4)c(C)c2)ncn1. The Morgan fingerprint density at radius 1 is 1.14 bits per heavy atom. The molecule has 0 saturated heterocycles. The van der Waals surface area contributed by atoms with E-state index in [2.05, 4.69) is 51.8 Å². The Kier molecular flexibility index (Phi) is 5.90. The van der Waals surface area contributed by atoms with Crippen LogP contribution in [0, 0.1) is 6.92 Å². The lowest BCUT2D eigenvalue weighted by atomic mass is 9.99. The summed E-state index contributed by atoms with van der Waals surface area (Å²) in [4.78, 5) is 23.5. The second-order valence-corrected chi connectivity index (χ2v) is 8.55. The molecule has 1 amide bonds. The first-order chi connectivity index (χ1) is 14.1. The van der Waals surface area contributed by atoms with E-state index in [1.165, 1.54) is 23.3 Å². The first-order valence-corrected chi connectivity index (χ1v) is 11.0. The van der Waals surface area contributed by atoms with Gasteiger partial charge < -0.3 is 10.6 Å². The quantitative estimate of drug-likeness (QED) is 0.620. The zero-order valence-corrected chi connectivity index (χ0v) is 17.7. The van der Waals surface area contributed by atoms with Crippen LogP contribution in [0.3, 0.4) is 0 Å². The molecule has 2 heterocycles. The smallest absolute Gasteiger partial charge is 0.261 e. The third kappa shape index (κ3) is 4.48. The van der Waals surface area contributed by atoms with Gasteiger partial charge in [0, 0.05) is 29.6 Å². The van der Waals surface area contributed by atoms with Gasteiger partial charge in [-0.3, -0.25) is 4.79 Å². The fourth-order valence-electron chi connectivity index (χ4n) is 3.71. The Hall–Kier alpha value is -2.73. The number of aromatic nitrogens is 2. The van der Waals surface area contributed by atoms with Gasteiger partial charge in [0.05, 0.1) is 10.6 Å². The van der Waals surface area contributed by atoms with Crippen LogP contribution in [0.2, 0.25) is 0 Å². The molecule has 1 aliphatic rings. The molecule has 0 aliphatic heterocycles. The Labute approximate surface area is 175 Å². The van der Waals surface area contributed by atoms with Crippen molar-refractivity contribution in [2.24, 2.45) is 0 Å². The Morgan fingerprint density at radius 3 is 2.79 bits per heavy atom. The molecular formula is C23H26N4OS. The van der Waals surface area contributed by atoms with Crippen LogP contribution < -0.4 is 10.6 Å². The molecule has 1 aromatic carbocycles. The van der Waals surface area contributed by atoms with Gasteiger partial charge >= 0.3 is 0 Å². The molecule has 4 rings (SSSR count). The van der Waals surface area contributed by atoms with E-state index in [0.29, 0.717) is 6.54 Å². The van der Waals surface area contributed by atoms with Gasteiger partial charge in [0.1, 0.15) is 12.1 Å². The molecule has 2 aromatic heterocycles. The van der Waals surface area contributed by atoms with E-state index in [0.717, 1.165) is 52.5 Å². The summed E-state index contributed by atoms with van der Waals surface area (Å²) in [5, 5.41) is 6.30. The number of nitrogens with zero attached hydrogens (tertiary/aromatic N) is 2. The third-order valence-electron chi connectivity index (χ3n) is 5.32. The van der Waals surface area contributed by atoms with Gasteiger partial charge in [0.2, 0.25) is 0 Å². The normalized spacial score (nSPS) is 13.0. The highest BCUT2D eigenvalue weighted by Crippen LogP contribution is 2.29. The Morgan fingerprint density at radius 2 is 2.00 bits per heavy atom. The van der Waals surface area contributed by atoms with Crippen LogP contribution in [0.25, 0.3) is 11.3 Å². The lowest BCUT2D eigenvalue weighted by Crippen LogP contribution is -2.22. The molecule has 0 atom stereocenters. The van der Waals surface area contributed by atoms with Crippen LogP contribution in [0.4, 0.5) is 5.82 Å². The summed E-state index contributed by atoms with van der Waals surface area (Å²) >= 11 is 1.66. The molecule has 0 unspecified atom stereocenters. The number of amides is 1. The first kappa shape index (κ1) is 19.6. The minimum Gasteiger partial charge on any atom is -0.370 e. The number of benzene rings is 1. The Balaban J connectivity index is 1.44. The molecule has 3 aromatic rings. The molecule has 29 heavy (non-hydrogen) atoms. The summed E-state index contributed by atoms with van der Waals surface area (Å²) in [7, 11) is 0. The molecule has 1 aliphatic carbocycles. The van der Waals surface area contributed by atoms with Crippen molar-refractivity contribution in [3.8, 4) is 11.3 Å². The van der Waals surface area contributed by atoms with Crippen LogP contribution in [-0.4, -0.2) is 22.4 Å². The molecular weight excluding hydrogens is 380 g/mol. The van der Waals surface area contributed by atoms with Crippen LogP contribution in [0.5, 0.6) is 0 Å². The van der Waals surface area contributed by atoms with Crippen molar-refractivity contribution in [2.75, 3.05) is 11.9 Å². The molecule has 0 spiro atoms. The van der Waals surface area contributed by atoms with Gasteiger partial charge in [-0.15, -0.1) is 11.3 Å². The minimum atomic E-state index is 0.0268. The standard InChI is InChI=1S/C23H26N4OS/c1-3-24-22-12-19(26-14-27-22)16-8-9-18(15(2)10-16)13-25-23(28)21-11-17-6-4-5-7-20(17)29-21/h8-12,14H,3-7,13H2,1-2H3,(H,25,28)(H,24,26,27). The van der Waals surface area contributed by atoms with E-state index in [-0.39, 0.29) is 5.91 Å². The van der Waals surface area contributed by atoms with E-state index in [9.17, 15) is 4.79 Å². The zero-order valence-electron chi connectivity index (χ0n) is 16.9. The van der Waals surface area contributed by atoms with Gasteiger partial charge in [-0.2, -0.15) is 0 Å². The van der Waals surface area contributed by atoms with Crippen molar-refractivity contribution in [2.45, 2.75) is 46.1 Å². The predicted molar refractivity (Wildman–Crippen MR) is 118 cm³/mol. The molecule has 150 valence electrons. The molecule has 0 fully saturated rings. The topological polar surface area (TPSA) is 66.9 Å². The summed E-state index contributed by atoms with van der Waals surface area (Å²) in [6.45, 7) is 5.46. The number of anilines is 1. The number of fused-ring (bicyclic) bond motifs is 1. The molecule has 0 radical (unpaired) electrons. The lowest BCUT2D eigenvalue weighted by Gasteiger charge is -2.10. The van der Waals surface area contributed by atoms with Gasteiger partial charge in [-0.25, -0.2) is 9.97 Å². The van der Waals surface area contributed by atoms with Crippen LogP contribution in [-0.2, 0) is 19.4 Å². The number of carbonyl (C=O) groups excluding carboxylic acids is 1. The third-order valence-corrected chi connectivity index (χ3v) is 6.56.